The molecule has 0 aliphatic carbocycles. The van der Waals surface area contributed by atoms with E-state index in [0.29, 0.717) is 21.3 Å². The Balaban J connectivity index is 1.89. The van der Waals surface area contributed by atoms with Gasteiger partial charge in [-0.05, 0) is 23.8 Å². The number of hydrogen-bond acceptors (Lipinski definition) is 4. The zero-order chi connectivity index (χ0) is 20.3. The van der Waals surface area contributed by atoms with E-state index in [4.69, 9.17) is 23.2 Å². The molecule has 3 N–H and O–H groups in total. The number of amides is 1. The summed E-state index contributed by atoms with van der Waals surface area (Å²) in [5, 5.41) is 26.7. The molecule has 0 radical (unpaired) electrons. The summed E-state index contributed by atoms with van der Waals surface area (Å²) < 4.78 is 1.12. The Morgan fingerprint density at radius 2 is 1.71 bits per heavy atom. The zero-order valence-electron chi connectivity index (χ0n) is 14.3. The minimum atomic E-state index is -1.10. The van der Waals surface area contributed by atoms with Crippen LogP contribution in [0.25, 0.3) is 5.69 Å². The van der Waals surface area contributed by atoms with Crippen LogP contribution in [-0.2, 0) is 4.79 Å². The van der Waals surface area contributed by atoms with Crippen molar-refractivity contribution in [3.63, 3.8) is 0 Å². The standard InChI is InChI=1S/C19H15Cl2N3O4/c20-12-6-2-1-5-11(12)14(10-18(26)27)22-19(28)15-9-17(25)24(23-15)16-8-4-3-7-13(16)21/h1-9,14,25H,10H2,(H,22,28)(H,26,27). The van der Waals surface area contributed by atoms with Crippen LogP contribution in [0.1, 0.15) is 28.5 Å². The average Bonchev–Trinajstić information content (AvgIpc) is 3.03. The number of hydrogen-bond donors (Lipinski definition) is 3. The van der Waals surface area contributed by atoms with Crippen LogP contribution in [0.5, 0.6) is 5.88 Å². The van der Waals surface area contributed by atoms with Crippen LogP contribution >= 0.6 is 23.2 Å². The maximum atomic E-state index is 12.6. The normalized spacial score (nSPS) is 11.8. The quantitative estimate of drug-likeness (QED) is 0.562. The number of carbonyl (C=O) groups excluding carboxylic acids is 1. The van der Waals surface area contributed by atoms with Crippen molar-refractivity contribution in [2.45, 2.75) is 12.5 Å². The second-order valence-corrected chi connectivity index (χ2v) is 6.71. The number of rotatable bonds is 6. The Morgan fingerprint density at radius 3 is 2.36 bits per heavy atom. The predicted octanol–water partition coefficient (Wildman–Crippen LogP) is 3.83. The van der Waals surface area contributed by atoms with Crippen LogP contribution in [0, 0.1) is 0 Å². The molecule has 1 heterocycles. The van der Waals surface area contributed by atoms with Crippen molar-refractivity contribution in [2.24, 2.45) is 0 Å². The molecule has 3 aromatic rings. The first kappa shape index (κ1) is 19.7. The topological polar surface area (TPSA) is 104 Å². The maximum Gasteiger partial charge on any atom is 0.305 e. The van der Waals surface area contributed by atoms with Crippen LogP contribution in [0.2, 0.25) is 10.0 Å². The van der Waals surface area contributed by atoms with Gasteiger partial charge in [-0.15, -0.1) is 0 Å². The Labute approximate surface area is 170 Å². The molecular formula is C19H15Cl2N3O4. The number of carbonyl (C=O) groups is 2. The third kappa shape index (κ3) is 4.27. The Kier molecular flexibility index (Phi) is 5.87. The number of para-hydroxylation sites is 1. The van der Waals surface area contributed by atoms with Gasteiger partial charge < -0.3 is 15.5 Å². The lowest BCUT2D eigenvalue weighted by atomic mass is 10.0. The monoisotopic (exact) mass is 419 g/mol. The molecule has 0 saturated carbocycles. The first-order chi connectivity index (χ1) is 13.4. The molecule has 7 nitrogen and oxygen atoms in total. The summed E-state index contributed by atoms with van der Waals surface area (Å²) in [6.07, 6.45) is -0.368. The first-order valence-corrected chi connectivity index (χ1v) is 8.93. The molecule has 2 aromatic carbocycles. The molecule has 144 valence electrons. The third-order valence-electron chi connectivity index (χ3n) is 3.97. The van der Waals surface area contributed by atoms with Crippen molar-refractivity contribution < 1.29 is 19.8 Å². The summed E-state index contributed by atoms with van der Waals surface area (Å²) in [5.74, 6) is -2.05. The van der Waals surface area contributed by atoms with Gasteiger partial charge in [0.1, 0.15) is 0 Å². The molecule has 1 amide bonds. The van der Waals surface area contributed by atoms with Gasteiger partial charge in [-0.3, -0.25) is 9.59 Å². The molecule has 1 unspecified atom stereocenters. The fourth-order valence-corrected chi connectivity index (χ4v) is 3.17. The van der Waals surface area contributed by atoms with Crippen molar-refractivity contribution in [2.75, 3.05) is 0 Å². The molecule has 0 spiro atoms. The van der Waals surface area contributed by atoms with Gasteiger partial charge in [0.25, 0.3) is 5.91 Å². The van der Waals surface area contributed by atoms with E-state index < -0.39 is 17.9 Å². The van der Waals surface area contributed by atoms with E-state index in [1.165, 1.54) is 6.07 Å². The lowest BCUT2D eigenvalue weighted by Crippen LogP contribution is -2.30. The number of carboxylic acid groups (broad SMARTS) is 1. The molecule has 0 saturated heterocycles. The molecular weight excluding hydrogens is 405 g/mol. The number of halogens is 2. The number of aliphatic carboxylic acids is 1. The number of nitrogens with zero attached hydrogens (tertiary/aromatic N) is 2. The molecule has 3 rings (SSSR count). The summed E-state index contributed by atoms with van der Waals surface area (Å²) >= 11 is 12.2. The number of nitrogens with one attached hydrogen (secondary N) is 1. The van der Waals surface area contributed by atoms with Crippen molar-refractivity contribution in [3.8, 4) is 11.6 Å². The number of aromatic nitrogens is 2. The Bertz CT molecular complexity index is 1040. The summed E-state index contributed by atoms with van der Waals surface area (Å²) in [6, 6.07) is 13.6. The Morgan fingerprint density at radius 1 is 1.07 bits per heavy atom. The molecule has 28 heavy (non-hydrogen) atoms. The summed E-state index contributed by atoms with van der Waals surface area (Å²) in [7, 11) is 0. The van der Waals surface area contributed by atoms with Gasteiger partial charge in [0.2, 0.25) is 5.88 Å². The highest BCUT2D eigenvalue weighted by atomic mass is 35.5. The summed E-state index contributed by atoms with van der Waals surface area (Å²) in [6.45, 7) is 0. The van der Waals surface area contributed by atoms with E-state index in [1.807, 2.05) is 0 Å². The van der Waals surface area contributed by atoms with E-state index >= 15 is 0 Å². The lowest BCUT2D eigenvalue weighted by Gasteiger charge is -2.18. The minimum absolute atomic E-state index is 0.0973. The number of carboxylic acids is 1. The van der Waals surface area contributed by atoms with Crippen molar-refractivity contribution in [1.82, 2.24) is 15.1 Å². The first-order valence-electron chi connectivity index (χ1n) is 8.18. The minimum Gasteiger partial charge on any atom is -0.493 e. The second-order valence-electron chi connectivity index (χ2n) is 5.90. The van der Waals surface area contributed by atoms with Gasteiger partial charge in [0.05, 0.1) is 23.2 Å². The fourth-order valence-electron chi connectivity index (χ4n) is 2.69. The van der Waals surface area contributed by atoms with Crippen LogP contribution in [-0.4, -0.2) is 31.9 Å². The highest BCUT2D eigenvalue weighted by molar-refractivity contribution is 6.32. The predicted molar refractivity (Wildman–Crippen MR) is 104 cm³/mol. The van der Waals surface area contributed by atoms with Gasteiger partial charge in [-0.25, -0.2) is 0 Å². The van der Waals surface area contributed by atoms with Gasteiger partial charge >= 0.3 is 5.97 Å². The molecule has 0 fully saturated rings. The molecule has 1 aromatic heterocycles. The summed E-state index contributed by atoms with van der Waals surface area (Å²) in [5.41, 5.74) is 0.767. The largest absolute Gasteiger partial charge is 0.493 e. The van der Waals surface area contributed by atoms with Gasteiger partial charge in [-0.1, -0.05) is 53.5 Å². The molecule has 9 heteroatoms. The van der Waals surface area contributed by atoms with E-state index in [9.17, 15) is 19.8 Å². The fraction of sp³-hybridized carbons (Fsp3) is 0.105. The van der Waals surface area contributed by atoms with E-state index in [1.54, 1.807) is 48.5 Å². The molecule has 1 atom stereocenters. The van der Waals surface area contributed by atoms with Crippen LogP contribution in [0.15, 0.2) is 54.6 Å². The maximum absolute atomic E-state index is 12.6. The number of aromatic hydroxyl groups is 1. The third-order valence-corrected chi connectivity index (χ3v) is 4.63. The Hall–Kier alpha value is -3.03. The smallest absolute Gasteiger partial charge is 0.305 e. The van der Waals surface area contributed by atoms with E-state index in [-0.39, 0.29) is 18.0 Å². The number of benzene rings is 2. The van der Waals surface area contributed by atoms with Gasteiger partial charge in [0.15, 0.2) is 5.69 Å². The van der Waals surface area contributed by atoms with Gasteiger partial charge in [-0.2, -0.15) is 9.78 Å². The highest BCUT2D eigenvalue weighted by Gasteiger charge is 2.23. The zero-order valence-corrected chi connectivity index (χ0v) is 15.9. The summed E-state index contributed by atoms with van der Waals surface area (Å²) in [4.78, 5) is 23.9. The second kappa shape index (κ2) is 8.33. The van der Waals surface area contributed by atoms with Gasteiger partial charge in [0, 0.05) is 11.1 Å². The highest BCUT2D eigenvalue weighted by Crippen LogP contribution is 2.27. The molecule has 0 aliphatic heterocycles. The van der Waals surface area contributed by atoms with Crippen molar-refractivity contribution >= 4 is 35.1 Å². The van der Waals surface area contributed by atoms with Crippen LogP contribution < -0.4 is 5.32 Å². The van der Waals surface area contributed by atoms with Crippen LogP contribution in [0.3, 0.4) is 0 Å². The van der Waals surface area contributed by atoms with E-state index in [2.05, 4.69) is 10.4 Å². The molecule has 0 bridgehead atoms. The van der Waals surface area contributed by atoms with E-state index in [0.717, 1.165) is 4.68 Å². The van der Waals surface area contributed by atoms with Crippen molar-refractivity contribution in [3.05, 3.63) is 75.9 Å². The lowest BCUT2D eigenvalue weighted by molar-refractivity contribution is -0.137. The molecule has 0 aliphatic rings. The SMILES string of the molecule is O=C(O)CC(NC(=O)c1cc(O)n(-c2ccccc2Cl)n1)c1ccccc1Cl. The van der Waals surface area contributed by atoms with Crippen molar-refractivity contribution in [1.29, 1.82) is 0 Å². The average molecular weight is 420 g/mol. The van der Waals surface area contributed by atoms with Crippen LogP contribution in [0.4, 0.5) is 0 Å².